The van der Waals surface area contributed by atoms with Crippen molar-refractivity contribution in [2.45, 2.75) is 13.0 Å². The third-order valence-electron chi connectivity index (χ3n) is 3.26. The van der Waals surface area contributed by atoms with E-state index in [2.05, 4.69) is 11.0 Å². The molecular weight excluding hydrogens is 242 g/mol. The van der Waals surface area contributed by atoms with Crippen molar-refractivity contribution in [1.29, 1.82) is 5.26 Å². The van der Waals surface area contributed by atoms with Gasteiger partial charge in [0.05, 0.1) is 12.1 Å². The molecule has 1 saturated heterocycles. The second-order valence-corrected chi connectivity index (χ2v) is 4.51. The van der Waals surface area contributed by atoms with E-state index in [1.54, 1.807) is 17.0 Å². The molecule has 5 nitrogen and oxygen atoms in total. The molecule has 1 aliphatic heterocycles. The van der Waals surface area contributed by atoms with Gasteiger partial charge in [0.1, 0.15) is 5.75 Å². The average Bonchev–Trinajstić information content (AvgIpc) is 2.47. The number of hydrogen-bond donors (Lipinski definition) is 0. The standard InChI is InChI=1S/C14H17N3O2/c1-12(11-15)16-7-9-17(10-8-16)14(18)19-13-5-3-2-4-6-13/h2-6,12H,7-10H2,1H3. The van der Waals surface area contributed by atoms with Gasteiger partial charge in [0.2, 0.25) is 0 Å². The molecule has 1 aliphatic rings. The molecule has 19 heavy (non-hydrogen) atoms. The summed E-state index contributed by atoms with van der Waals surface area (Å²) in [6.45, 7) is 4.48. The van der Waals surface area contributed by atoms with Crippen LogP contribution < -0.4 is 4.74 Å². The van der Waals surface area contributed by atoms with E-state index in [0.717, 1.165) is 0 Å². The summed E-state index contributed by atoms with van der Waals surface area (Å²) in [6, 6.07) is 11.1. The van der Waals surface area contributed by atoms with Gasteiger partial charge in [-0.1, -0.05) is 18.2 Å². The van der Waals surface area contributed by atoms with Gasteiger partial charge in [-0.2, -0.15) is 5.26 Å². The van der Waals surface area contributed by atoms with Crippen molar-refractivity contribution in [2.75, 3.05) is 26.2 Å². The lowest BCUT2D eigenvalue weighted by Crippen LogP contribution is -2.51. The van der Waals surface area contributed by atoms with Crippen LogP contribution in [0.15, 0.2) is 30.3 Å². The van der Waals surface area contributed by atoms with E-state index in [0.29, 0.717) is 31.9 Å². The van der Waals surface area contributed by atoms with Crippen molar-refractivity contribution >= 4 is 6.09 Å². The van der Waals surface area contributed by atoms with Crippen LogP contribution >= 0.6 is 0 Å². The van der Waals surface area contributed by atoms with E-state index < -0.39 is 0 Å². The van der Waals surface area contributed by atoms with Gasteiger partial charge in [0, 0.05) is 26.2 Å². The predicted octanol–water partition coefficient (Wildman–Crippen LogP) is 1.72. The number of amides is 1. The topological polar surface area (TPSA) is 56.6 Å². The Morgan fingerprint density at radius 2 is 1.89 bits per heavy atom. The number of carbonyl (C=O) groups excluding carboxylic acids is 1. The lowest BCUT2D eigenvalue weighted by molar-refractivity contribution is 0.103. The molecule has 1 amide bonds. The lowest BCUT2D eigenvalue weighted by atomic mass is 10.2. The van der Waals surface area contributed by atoms with Gasteiger partial charge < -0.3 is 9.64 Å². The van der Waals surface area contributed by atoms with E-state index in [-0.39, 0.29) is 12.1 Å². The second kappa shape index (κ2) is 6.21. The largest absolute Gasteiger partial charge is 0.415 e. The van der Waals surface area contributed by atoms with Crippen LogP contribution in [0, 0.1) is 11.3 Å². The summed E-state index contributed by atoms with van der Waals surface area (Å²) in [5, 5.41) is 8.86. The maximum atomic E-state index is 11.9. The van der Waals surface area contributed by atoms with Crippen molar-refractivity contribution in [3.8, 4) is 11.8 Å². The van der Waals surface area contributed by atoms with Crippen molar-refractivity contribution in [3.05, 3.63) is 30.3 Å². The van der Waals surface area contributed by atoms with Crippen molar-refractivity contribution in [1.82, 2.24) is 9.80 Å². The fourth-order valence-corrected chi connectivity index (χ4v) is 2.03. The molecule has 0 N–H and O–H groups in total. The zero-order valence-corrected chi connectivity index (χ0v) is 11.0. The third-order valence-corrected chi connectivity index (χ3v) is 3.26. The number of nitrogens with zero attached hydrogens (tertiary/aromatic N) is 3. The zero-order chi connectivity index (χ0) is 13.7. The number of rotatable bonds is 2. The Labute approximate surface area is 113 Å². The summed E-state index contributed by atoms with van der Waals surface area (Å²) in [7, 11) is 0. The Morgan fingerprint density at radius 1 is 1.26 bits per heavy atom. The van der Waals surface area contributed by atoms with Gasteiger partial charge in [-0.15, -0.1) is 0 Å². The van der Waals surface area contributed by atoms with Crippen LogP contribution in [0.25, 0.3) is 0 Å². The molecule has 5 heteroatoms. The average molecular weight is 259 g/mol. The molecule has 1 aromatic carbocycles. The number of benzene rings is 1. The Balaban J connectivity index is 1.85. The number of nitriles is 1. The first kappa shape index (κ1) is 13.4. The monoisotopic (exact) mass is 259 g/mol. The summed E-state index contributed by atoms with van der Waals surface area (Å²) in [4.78, 5) is 15.7. The van der Waals surface area contributed by atoms with E-state index in [4.69, 9.17) is 10.00 Å². The summed E-state index contributed by atoms with van der Waals surface area (Å²) < 4.78 is 5.28. The van der Waals surface area contributed by atoms with Crippen molar-refractivity contribution < 1.29 is 9.53 Å². The molecule has 0 saturated carbocycles. The first-order valence-electron chi connectivity index (χ1n) is 6.36. The maximum Gasteiger partial charge on any atom is 0.415 e. The molecule has 0 aromatic heterocycles. The predicted molar refractivity (Wildman–Crippen MR) is 70.7 cm³/mol. The summed E-state index contributed by atoms with van der Waals surface area (Å²) in [6.07, 6.45) is -0.324. The molecular formula is C14H17N3O2. The fraction of sp³-hybridized carbons (Fsp3) is 0.429. The van der Waals surface area contributed by atoms with Crippen LogP contribution in [-0.2, 0) is 0 Å². The quantitative estimate of drug-likeness (QED) is 0.811. The lowest BCUT2D eigenvalue weighted by Gasteiger charge is -2.35. The molecule has 1 heterocycles. The highest BCUT2D eigenvalue weighted by Gasteiger charge is 2.24. The summed E-state index contributed by atoms with van der Waals surface area (Å²) >= 11 is 0. The van der Waals surface area contributed by atoms with E-state index >= 15 is 0 Å². The molecule has 1 aromatic rings. The first-order chi connectivity index (χ1) is 9.20. The molecule has 0 bridgehead atoms. The minimum atomic E-state index is -0.324. The highest BCUT2D eigenvalue weighted by molar-refractivity contribution is 5.70. The second-order valence-electron chi connectivity index (χ2n) is 4.51. The van der Waals surface area contributed by atoms with E-state index in [1.165, 1.54) is 0 Å². The molecule has 1 atom stereocenters. The molecule has 1 fully saturated rings. The Hall–Kier alpha value is -2.06. The van der Waals surface area contributed by atoms with E-state index in [9.17, 15) is 4.79 Å². The van der Waals surface area contributed by atoms with Gasteiger partial charge in [0.15, 0.2) is 0 Å². The number of piperazine rings is 1. The SMILES string of the molecule is CC(C#N)N1CCN(C(=O)Oc2ccccc2)CC1. The normalized spacial score (nSPS) is 17.6. The van der Waals surface area contributed by atoms with Crippen LogP contribution in [0.4, 0.5) is 4.79 Å². The molecule has 2 rings (SSSR count). The van der Waals surface area contributed by atoms with Crippen LogP contribution in [0.2, 0.25) is 0 Å². The van der Waals surface area contributed by atoms with Gasteiger partial charge >= 0.3 is 6.09 Å². The Morgan fingerprint density at radius 3 is 2.47 bits per heavy atom. The summed E-state index contributed by atoms with van der Waals surface area (Å²) in [5.74, 6) is 0.556. The van der Waals surface area contributed by atoms with Gasteiger partial charge in [-0.25, -0.2) is 4.79 Å². The smallest absolute Gasteiger partial charge is 0.410 e. The molecule has 1 unspecified atom stereocenters. The number of para-hydroxylation sites is 1. The maximum absolute atomic E-state index is 11.9. The Bertz CT molecular complexity index is 461. The highest BCUT2D eigenvalue weighted by atomic mass is 16.6. The summed E-state index contributed by atoms with van der Waals surface area (Å²) in [5.41, 5.74) is 0. The van der Waals surface area contributed by atoms with Crippen molar-refractivity contribution in [2.24, 2.45) is 0 Å². The minimum absolute atomic E-state index is 0.104. The van der Waals surface area contributed by atoms with Crippen LogP contribution in [0.3, 0.4) is 0 Å². The fourth-order valence-electron chi connectivity index (χ4n) is 2.03. The highest BCUT2D eigenvalue weighted by Crippen LogP contribution is 2.12. The molecule has 100 valence electrons. The number of carbonyl (C=O) groups is 1. The van der Waals surface area contributed by atoms with Crippen LogP contribution in [0.1, 0.15) is 6.92 Å². The molecule has 0 spiro atoms. The van der Waals surface area contributed by atoms with E-state index in [1.807, 2.05) is 25.1 Å². The van der Waals surface area contributed by atoms with Crippen LogP contribution in [0.5, 0.6) is 5.75 Å². The van der Waals surface area contributed by atoms with Crippen molar-refractivity contribution in [3.63, 3.8) is 0 Å². The molecule has 0 aliphatic carbocycles. The minimum Gasteiger partial charge on any atom is -0.410 e. The Kier molecular flexibility index (Phi) is 4.37. The number of hydrogen-bond acceptors (Lipinski definition) is 4. The van der Waals surface area contributed by atoms with Gasteiger partial charge in [-0.05, 0) is 19.1 Å². The van der Waals surface area contributed by atoms with Gasteiger partial charge in [0.25, 0.3) is 0 Å². The van der Waals surface area contributed by atoms with Gasteiger partial charge in [-0.3, -0.25) is 4.90 Å². The molecule has 0 radical (unpaired) electrons. The third kappa shape index (κ3) is 3.46. The first-order valence-corrected chi connectivity index (χ1v) is 6.36. The van der Waals surface area contributed by atoms with Crippen LogP contribution in [-0.4, -0.2) is 48.1 Å². The zero-order valence-electron chi connectivity index (χ0n) is 11.0. The number of ether oxygens (including phenoxy) is 1.